The molecule has 0 spiro atoms. The van der Waals surface area contributed by atoms with Gasteiger partial charge in [-0.15, -0.1) is 0 Å². The summed E-state index contributed by atoms with van der Waals surface area (Å²) < 4.78 is 0. The number of H-pyrrole nitrogens is 1. The zero-order valence-corrected chi connectivity index (χ0v) is 13.0. The molecule has 1 atom stereocenters. The van der Waals surface area contributed by atoms with Crippen molar-refractivity contribution in [2.75, 3.05) is 20.1 Å². The number of carbonyl (C=O) groups excluding carboxylic acids is 1. The van der Waals surface area contributed by atoms with E-state index in [1.807, 2.05) is 12.1 Å². The van der Waals surface area contributed by atoms with Crippen molar-refractivity contribution in [2.24, 2.45) is 0 Å². The molecule has 6 heteroatoms. The second-order valence-corrected chi connectivity index (χ2v) is 5.63. The minimum Gasteiger partial charge on any atom is -0.352 e. The lowest BCUT2D eigenvalue weighted by Crippen LogP contribution is -2.23. The first-order chi connectivity index (χ1) is 10.7. The Morgan fingerprint density at radius 3 is 2.59 bits per heavy atom. The highest BCUT2D eigenvalue weighted by molar-refractivity contribution is 5.90. The summed E-state index contributed by atoms with van der Waals surface area (Å²) in [5.41, 5.74) is 2.21. The van der Waals surface area contributed by atoms with Crippen molar-refractivity contribution in [3.63, 3.8) is 0 Å². The summed E-state index contributed by atoms with van der Waals surface area (Å²) in [4.78, 5) is 18.2. The topological polar surface area (TPSA) is 73.9 Å². The van der Waals surface area contributed by atoms with Crippen molar-refractivity contribution in [1.82, 2.24) is 25.4 Å². The summed E-state index contributed by atoms with van der Waals surface area (Å²) in [7, 11) is 1.57. The molecule has 3 rings (SSSR count). The van der Waals surface area contributed by atoms with Gasteiger partial charge in [-0.25, -0.2) is 4.98 Å². The van der Waals surface area contributed by atoms with Crippen LogP contribution in [-0.2, 0) is 0 Å². The third-order valence-corrected chi connectivity index (χ3v) is 4.27. The molecule has 2 aromatic rings. The molecular formula is C16H21N5O. The van der Waals surface area contributed by atoms with Gasteiger partial charge in [-0.2, -0.15) is 5.10 Å². The molecule has 2 N–H and O–H groups in total. The quantitative estimate of drug-likeness (QED) is 0.905. The number of rotatable bonds is 4. The van der Waals surface area contributed by atoms with Crippen molar-refractivity contribution in [1.29, 1.82) is 0 Å². The highest BCUT2D eigenvalue weighted by Crippen LogP contribution is 2.26. The molecule has 0 aliphatic carbocycles. The zero-order chi connectivity index (χ0) is 15.5. The highest BCUT2D eigenvalue weighted by atomic mass is 16.2. The molecule has 0 bridgehead atoms. The lowest BCUT2D eigenvalue weighted by Gasteiger charge is -2.24. The number of hydrogen-bond acceptors (Lipinski definition) is 4. The number of aromatic nitrogens is 3. The molecule has 22 heavy (non-hydrogen) atoms. The monoisotopic (exact) mass is 299 g/mol. The van der Waals surface area contributed by atoms with Crippen LogP contribution in [-0.4, -0.2) is 46.1 Å². The Labute approximate surface area is 129 Å². The minimum absolute atomic E-state index is 0.229. The predicted molar refractivity (Wildman–Crippen MR) is 84.4 cm³/mol. The molecule has 1 aromatic carbocycles. The Bertz CT molecular complexity index is 643. The molecule has 1 aliphatic rings. The lowest BCUT2D eigenvalue weighted by atomic mass is 10.0. The third-order valence-electron chi connectivity index (χ3n) is 4.27. The molecular weight excluding hydrogens is 278 g/mol. The average Bonchev–Trinajstić information content (AvgIpc) is 3.25. The second kappa shape index (κ2) is 6.27. The Hall–Kier alpha value is -2.21. The number of carbonyl (C=O) groups is 1. The van der Waals surface area contributed by atoms with E-state index in [9.17, 15) is 4.79 Å². The fourth-order valence-corrected chi connectivity index (χ4v) is 2.86. The first-order valence-corrected chi connectivity index (χ1v) is 7.68. The number of nitrogens with one attached hydrogen (secondary N) is 2. The van der Waals surface area contributed by atoms with E-state index in [0.29, 0.717) is 11.9 Å². The van der Waals surface area contributed by atoms with E-state index in [0.717, 1.165) is 5.56 Å². The van der Waals surface area contributed by atoms with E-state index in [1.54, 1.807) is 7.05 Å². The van der Waals surface area contributed by atoms with Crippen LogP contribution in [0.5, 0.6) is 0 Å². The van der Waals surface area contributed by atoms with Gasteiger partial charge in [-0.3, -0.25) is 14.8 Å². The maximum Gasteiger partial charge on any atom is 0.288 e. The Morgan fingerprint density at radius 1 is 1.27 bits per heavy atom. The third kappa shape index (κ3) is 2.87. The van der Waals surface area contributed by atoms with Gasteiger partial charge in [0.25, 0.3) is 5.91 Å². The van der Waals surface area contributed by atoms with Crippen LogP contribution in [0, 0.1) is 0 Å². The maximum atomic E-state index is 11.5. The number of benzene rings is 1. The van der Waals surface area contributed by atoms with Crippen LogP contribution in [0.2, 0.25) is 0 Å². The van der Waals surface area contributed by atoms with Gasteiger partial charge in [0.05, 0.1) is 0 Å². The van der Waals surface area contributed by atoms with E-state index < -0.39 is 0 Å². The molecule has 1 amide bonds. The predicted octanol–water partition coefficient (Wildman–Crippen LogP) is 1.99. The molecule has 116 valence electrons. The van der Waals surface area contributed by atoms with Crippen molar-refractivity contribution >= 4 is 5.91 Å². The molecule has 2 heterocycles. The summed E-state index contributed by atoms with van der Waals surface area (Å²) in [6.07, 6.45) is 2.59. The normalized spacial score (nSPS) is 16.6. The zero-order valence-electron chi connectivity index (χ0n) is 13.0. The number of aromatic amines is 1. The summed E-state index contributed by atoms with van der Waals surface area (Å²) >= 11 is 0. The smallest absolute Gasteiger partial charge is 0.288 e. The Balaban J connectivity index is 1.76. The van der Waals surface area contributed by atoms with E-state index in [4.69, 9.17) is 0 Å². The minimum atomic E-state index is -0.266. The highest BCUT2D eigenvalue weighted by Gasteiger charge is 2.19. The van der Waals surface area contributed by atoms with Gasteiger partial charge in [-0.1, -0.05) is 24.3 Å². The fraction of sp³-hybridized carbons (Fsp3) is 0.438. The molecule has 1 aliphatic heterocycles. The van der Waals surface area contributed by atoms with Crippen LogP contribution in [0.1, 0.15) is 42.0 Å². The van der Waals surface area contributed by atoms with Gasteiger partial charge in [0.15, 0.2) is 5.82 Å². The van der Waals surface area contributed by atoms with Crippen LogP contribution in [0.4, 0.5) is 0 Å². The standard InChI is InChI=1S/C16H21N5O/c1-11(21-9-3-4-10-21)12-5-7-13(8-6-12)14-18-15(20-19-14)16(22)17-2/h5-8,11H,3-4,9-10H2,1-2H3,(H,17,22)(H,18,19,20)/t11-/m1/s1. The van der Waals surface area contributed by atoms with E-state index in [2.05, 4.69) is 44.5 Å². The number of nitrogens with zero attached hydrogens (tertiary/aromatic N) is 3. The van der Waals surface area contributed by atoms with Crippen LogP contribution in [0.15, 0.2) is 24.3 Å². The summed E-state index contributed by atoms with van der Waals surface area (Å²) in [6.45, 7) is 4.61. The first-order valence-electron chi connectivity index (χ1n) is 7.68. The van der Waals surface area contributed by atoms with E-state index >= 15 is 0 Å². The van der Waals surface area contributed by atoms with Crippen molar-refractivity contribution in [2.45, 2.75) is 25.8 Å². The number of likely N-dealkylation sites (tertiary alicyclic amines) is 1. The van der Waals surface area contributed by atoms with Crippen molar-refractivity contribution < 1.29 is 4.79 Å². The molecule has 1 fully saturated rings. The van der Waals surface area contributed by atoms with Crippen LogP contribution < -0.4 is 5.32 Å². The summed E-state index contributed by atoms with van der Waals surface area (Å²) in [5, 5.41) is 9.28. The van der Waals surface area contributed by atoms with Crippen molar-refractivity contribution in [3.05, 3.63) is 35.7 Å². The fourth-order valence-electron chi connectivity index (χ4n) is 2.86. The molecule has 0 saturated carbocycles. The number of amides is 1. The lowest BCUT2D eigenvalue weighted by molar-refractivity contribution is 0.0953. The number of hydrogen-bond donors (Lipinski definition) is 2. The van der Waals surface area contributed by atoms with E-state index in [-0.39, 0.29) is 11.7 Å². The van der Waals surface area contributed by atoms with Crippen molar-refractivity contribution in [3.8, 4) is 11.4 Å². The summed E-state index contributed by atoms with van der Waals surface area (Å²) in [6, 6.07) is 8.70. The maximum absolute atomic E-state index is 11.5. The van der Waals surface area contributed by atoms with Crippen LogP contribution in [0.3, 0.4) is 0 Å². The summed E-state index contributed by atoms with van der Waals surface area (Å²) in [5.74, 6) is 0.504. The second-order valence-electron chi connectivity index (χ2n) is 5.63. The largest absolute Gasteiger partial charge is 0.352 e. The Morgan fingerprint density at radius 2 is 1.95 bits per heavy atom. The molecule has 6 nitrogen and oxygen atoms in total. The molecule has 1 aromatic heterocycles. The van der Waals surface area contributed by atoms with Gasteiger partial charge in [0.1, 0.15) is 0 Å². The van der Waals surface area contributed by atoms with Gasteiger partial charge < -0.3 is 5.32 Å². The van der Waals surface area contributed by atoms with Gasteiger partial charge >= 0.3 is 0 Å². The van der Waals surface area contributed by atoms with Gasteiger partial charge in [0, 0.05) is 18.7 Å². The molecule has 0 radical (unpaired) electrons. The first kappa shape index (κ1) is 14.7. The van der Waals surface area contributed by atoms with Crippen LogP contribution in [0.25, 0.3) is 11.4 Å². The SMILES string of the molecule is CNC(=O)c1nc(-c2ccc([C@@H](C)N3CCCC3)cc2)n[nH]1. The average molecular weight is 299 g/mol. The van der Waals surface area contributed by atoms with Gasteiger partial charge in [0.2, 0.25) is 5.82 Å². The van der Waals surface area contributed by atoms with Gasteiger partial charge in [-0.05, 0) is 38.4 Å². The van der Waals surface area contributed by atoms with E-state index in [1.165, 1.54) is 31.5 Å². The molecule has 0 unspecified atom stereocenters. The Kier molecular flexibility index (Phi) is 4.20. The van der Waals surface area contributed by atoms with Crippen LogP contribution >= 0.6 is 0 Å². The molecule has 1 saturated heterocycles.